The summed E-state index contributed by atoms with van der Waals surface area (Å²) in [6.07, 6.45) is 4.57. The molecule has 1 saturated carbocycles. The number of nitrogens with two attached hydrogens (primary N) is 1. The van der Waals surface area contributed by atoms with Gasteiger partial charge in [-0.05, 0) is 46.0 Å². The Morgan fingerprint density at radius 3 is 2.71 bits per heavy atom. The fraction of sp³-hybridized carbons (Fsp3) is 0.733. The van der Waals surface area contributed by atoms with E-state index >= 15 is 0 Å². The van der Waals surface area contributed by atoms with Crippen molar-refractivity contribution in [2.45, 2.75) is 65.0 Å². The van der Waals surface area contributed by atoms with Crippen molar-refractivity contribution >= 4 is 18.3 Å². The van der Waals surface area contributed by atoms with Gasteiger partial charge in [0, 0.05) is 24.1 Å². The van der Waals surface area contributed by atoms with Crippen molar-refractivity contribution < 1.29 is 9.32 Å². The molecule has 1 amide bonds. The van der Waals surface area contributed by atoms with Gasteiger partial charge < -0.3 is 15.6 Å². The Morgan fingerprint density at radius 1 is 1.48 bits per heavy atom. The number of amides is 1. The summed E-state index contributed by atoms with van der Waals surface area (Å²) in [5, 5.41) is 6.99. The van der Waals surface area contributed by atoms with Crippen LogP contribution in [-0.2, 0) is 11.2 Å². The molecule has 0 aromatic carbocycles. The van der Waals surface area contributed by atoms with E-state index in [1.807, 2.05) is 20.8 Å². The van der Waals surface area contributed by atoms with Crippen molar-refractivity contribution in [3.05, 3.63) is 17.0 Å². The summed E-state index contributed by atoms with van der Waals surface area (Å²) in [5.41, 5.74) is 8.00. The first-order chi connectivity index (χ1) is 9.47. The van der Waals surface area contributed by atoms with Crippen LogP contribution in [-0.4, -0.2) is 23.1 Å². The smallest absolute Gasteiger partial charge is 0.220 e. The Morgan fingerprint density at radius 2 is 2.19 bits per heavy atom. The fourth-order valence-electron chi connectivity index (χ4n) is 3.04. The van der Waals surface area contributed by atoms with E-state index in [0.29, 0.717) is 12.3 Å². The van der Waals surface area contributed by atoms with Gasteiger partial charge in [0.05, 0.1) is 5.69 Å². The molecule has 1 heterocycles. The van der Waals surface area contributed by atoms with Crippen molar-refractivity contribution in [2.24, 2.45) is 11.7 Å². The van der Waals surface area contributed by atoms with Crippen LogP contribution in [0.15, 0.2) is 4.52 Å². The van der Waals surface area contributed by atoms with Gasteiger partial charge in [-0.15, -0.1) is 12.4 Å². The van der Waals surface area contributed by atoms with Gasteiger partial charge in [0.15, 0.2) is 0 Å². The van der Waals surface area contributed by atoms with Crippen molar-refractivity contribution in [1.82, 2.24) is 10.5 Å². The summed E-state index contributed by atoms with van der Waals surface area (Å²) in [4.78, 5) is 12.0. The van der Waals surface area contributed by atoms with E-state index in [0.717, 1.165) is 42.7 Å². The van der Waals surface area contributed by atoms with Crippen LogP contribution in [0.2, 0.25) is 0 Å². The number of nitrogens with zero attached hydrogens (tertiary/aromatic N) is 1. The number of aromatic nitrogens is 1. The molecule has 1 fully saturated rings. The van der Waals surface area contributed by atoms with Crippen LogP contribution < -0.4 is 11.1 Å². The Kier molecular flexibility index (Phi) is 6.68. The monoisotopic (exact) mass is 315 g/mol. The first-order valence-corrected chi connectivity index (χ1v) is 7.44. The maximum atomic E-state index is 12.0. The Bertz CT molecular complexity index is 456. The lowest BCUT2D eigenvalue weighted by atomic mass is 9.99. The number of carbonyl (C=O) groups excluding carboxylic acids is 1. The lowest BCUT2D eigenvalue weighted by Gasteiger charge is -2.18. The third-order valence-electron chi connectivity index (χ3n) is 4.26. The Labute approximate surface area is 132 Å². The van der Waals surface area contributed by atoms with E-state index in [2.05, 4.69) is 10.5 Å². The second-order valence-electron chi connectivity index (χ2n) is 6.03. The van der Waals surface area contributed by atoms with Crippen LogP contribution >= 0.6 is 12.4 Å². The molecule has 120 valence electrons. The summed E-state index contributed by atoms with van der Waals surface area (Å²) in [7, 11) is 0. The molecule has 0 aliphatic heterocycles. The summed E-state index contributed by atoms with van der Waals surface area (Å²) in [6, 6.07) is 0.274. The quantitative estimate of drug-likeness (QED) is 0.873. The second-order valence-corrected chi connectivity index (χ2v) is 6.03. The number of nitrogens with one attached hydrogen (secondary N) is 1. The molecular formula is C15H26ClN3O2. The number of aryl methyl sites for hydroxylation is 2. The highest BCUT2D eigenvalue weighted by atomic mass is 35.5. The molecule has 1 aliphatic carbocycles. The minimum atomic E-state index is 0. The first kappa shape index (κ1) is 18.0. The molecule has 3 N–H and O–H groups in total. The number of rotatable bonds is 5. The van der Waals surface area contributed by atoms with Crippen LogP contribution in [0.25, 0.3) is 0 Å². The molecule has 6 heteroatoms. The highest BCUT2D eigenvalue weighted by Crippen LogP contribution is 2.26. The molecule has 1 aromatic heterocycles. The van der Waals surface area contributed by atoms with Gasteiger partial charge in [-0.2, -0.15) is 0 Å². The summed E-state index contributed by atoms with van der Waals surface area (Å²) in [5.74, 6) is 1.29. The molecule has 0 bridgehead atoms. The molecule has 1 aromatic rings. The Balaban J connectivity index is 0.00000220. The van der Waals surface area contributed by atoms with Gasteiger partial charge in [0.1, 0.15) is 5.76 Å². The average Bonchev–Trinajstić information content (AvgIpc) is 2.90. The minimum absolute atomic E-state index is 0. The molecule has 0 spiro atoms. The standard InChI is InChI=1S/C15H25N3O2.ClH/c1-9(7-13-10(2)18-20-11(13)3)17-15(19)8-12-5-4-6-14(12)16;/h9,12,14H,4-8,16H2,1-3H3,(H,17,19);1H/t9?,12-,14+;/m0./s1. The van der Waals surface area contributed by atoms with Crippen LogP contribution in [0, 0.1) is 19.8 Å². The van der Waals surface area contributed by atoms with Gasteiger partial charge in [-0.1, -0.05) is 11.6 Å². The molecule has 3 atom stereocenters. The van der Waals surface area contributed by atoms with Crippen molar-refractivity contribution in [3.8, 4) is 0 Å². The summed E-state index contributed by atoms with van der Waals surface area (Å²) < 4.78 is 5.14. The van der Waals surface area contributed by atoms with E-state index in [4.69, 9.17) is 10.3 Å². The van der Waals surface area contributed by atoms with E-state index in [-0.39, 0.29) is 30.4 Å². The first-order valence-electron chi connectivity index (χ1n) is 7.44. The zero-order valence-corrected chi connectivity index (χ0v) is 13.8. The number of hydrogen-bond donors (Lipinski definition) is 2. The van der Waals surface area contributed by atoms with Gasteiger partial charge in [0.2, 0.25) is 5.91 Å². The predicted molar refractivity (Wildman–Crippen MR) is 84.5 cm³/mol. The average molecular weight is 316 g/mol. The molecule has 0 saturated heterocycles. The highest BCUT2D eigenvalue weighted by Gasteiger charge is 2.26. The van der Waals surface area contributed by atoms with Gasteiger partial charge in [-0.25, -0.2) is 0 Å². The number of carbonyl (C=O) groups is 1. The third kappa shape index (κ3) is 4.71. The van der Waals surface area contributed by atoms with Gasteiger partial charge in [-0.3, -0.25) is 4.79 Å². The Hall–Kier alpha value is -1.07. The largest absolute Gasteiger partial charge is 0.361 e. The lowest BCUT2D eigenvalue weighted by molar-refractivity contribution is -0.122. The molecule has 5 nitrogen and oxygen atoms in total. The molecule has 1 aliphatic rings. The lowest BCUT2D eigenvalue weighted by Crippen LogP contribution is -2.37. The highest BCUT2D eigenvalue weighted by molar-refractivity contribution is 5.85. The van der Waals surface area contributed by atoms with E-state index in [9.17, 15) is 4.79 Å². The molecular weight excluding hydrogens is 290 g/mol. The van der Waals surface area contributed by atoms with Crippen LogP contribution in [0.5, 0.6) is 0 Å². The second kappa shape index (κ2) is 7.80. The predicted octanol–water partition coefficient (Wildman–Crippen LogP) is 2.28. The van der Waals surface area contributed by atoms with E-state index in [1.165, 1.54) is 0 Å². The topological polar surface area (TPSA) is 81.2 Å². The minimum Gasteiger partial charge on any atom is -0.361 e. The summed E-state index contributed by atoms with van der Waals surface area (Å²) >= 11 is 0. The number of halogens is 1. The molecule has 2 rings (SSSR count). The van der Waals surface area contributed by atoms with Crippen LogP contribution in [0.3, 0.4) is 0 Å². The van der Waals surface area contributed by atoms with E-state index < -0.39 is 0 Å². The maximum Gasteiger partial charge on any atom is 0.220 e. The normalized spacial score (nSPS) is 22.7. The van der Waals surface area contributed by atoms with Crippen LogP contribution in [0.4, 0.5) is 0 Å². The van der Waals surface area contributed by atoms with Crippen molar-refractivity contribution in [1.29, 1.82) is 0 Å². The van der Waals surface area contributed by atoms with Gasteiger partial charge in [0.25, 0.3) is 0 Å². The van der Waals surface area contributed by atoms with E-state index in [1.54, 1.807) is 0 Å². The van der Waals surface area contributed by atoms with Crippen molar-refractivity contribution in [3.63, 3.8) is 0 Å². The number of hydrogen-bond acceptors (Lipinski definition) is 4. The van der Waals surface area contributed by atoms with Crippen LogP contribution in [0.1, 0.15) is 49.6 Å². The zero-order valence-electron chi connectivity index (χ0n) is 13.0. The SMILES string of the molecule is Cc1noc(C)c1CC(C)NC(=O)C[C@@H]1CCC[C@H]1N.Cl. The fourth-order valence-corrected chi connectivity index (χ4v) is 3.04. The van der Waals surface area contributed by atoms with Crippen molar-refractivity contribution in [2.75, 3.05) is 0 Å². The maximum absolute atomic E-state index is 12.0. The molecule has 21 heavy (non-hydrogen) atoms. The zero-order chi connectivity index (χ0) is 14.7. The third-order valence-corrected chi connectivity index (χ3v) is 4.26. The summed E-state index contributed by atoms with van der Waals surface area (Å²) in [6.45, 7) is 5.84. The van der Waals surface area contributed by atoms with Gasteiger partial charge >= 0.3 is 0 Å². The molecule has 1 unspecified atom stereocenters. The molecule has 0 radical (unpaired) electrons.